The average Bonchev–Trinajstić information content (AvgIpc) is 2.40. The summed E-state index contributed by atoms with van der Waals surface area (Å²) < 4.78 is 29.5. The van der Waals surface area contributed by atoms with Gasteiger partial charge in [0, 0.05) is 12.2 Å². The number of hydrogen-bond donors (Lipinski definition) is 0. The Morgan fingerprint density at radius 1 is 1.00 bits per heavy atom. The van der Waals surface area contributed by atoms with Gasteiger partial charge < -0.3 is 4.55 Å². The van der Waals surface area contributed by atoms with Gasteiger partial charge in [0.25, 0.3) is 0 Å². The summed E-state index contributed by atoms with van der Waals surface area (Å²) in [6.07, 6.45) is 4.24. The lowest BCUT2D eigenvalue weighted by molar-refractivity contribution is -0.116. The average molecular weight is 327 g/mol. The van der Waals surface area contributed by atoms with E-state index < -0.39 is 10.1 Å². The first-order chi connectivity index (χ1) is 9.30. The number of Topliss-reactive ketones (excluding diaryl/α,β-unsaturated/α-hetero) is 1. The third-order valence-electron chi connectivity index (χ3n) is 2.74. The molecule has 122 valence electrons. The third-order valence-corrected chi connectivity index (χ3v) is 5.89. The second-order valence-electron chi connectivity index (χ2n) is 4.59. The maximum atomic E-state index is 11.3. The third kappa shape index (κ3) is 17.9. The van der Waals surface area contributed by atoms with Crippen molar-refractivity contribution in [2.75, 3.05) is 23.0 Å². The molecule has 0 fully saturated rings. The molecule has 0 aromatic rings. The summed E-state index contributed by atoms with van der Waals surface area (Å²) in [6, 6.07) is 0. The van der Waals surface area contributed by atoms with E-state index in [1.807, 2.05) is 6.92 Å². The minimum absolute atomic E-state index is 0.219. The molecule has 0 aromatic carbocycles. The topological polar surface area (TPSA) is 74.3 Å². The molecule has 0 saturated carbocycles. The molecule has 0 atom stereocenters. The molecule has 0 unspecified atom stereocenters. The van der Waals surface area contributed by atoms with Crippen LogP contribution in [0, 0.1) is 0 Å². The van der Waals surface area contributed by atoms with Gasteiger partial charge in [-0.15, -0.1) is 0 Å². The molecule has 0 bridgehead atoms. The Balaban J connectivity index is 0. The molecule has 20 heavy (non-hydrogen) atoms. The monoisotopic (exact) mass is 326 g/mol. The van der Waals surface area contributed by atoms with Gasteiger partial charge in [-0.3, -0.25) is 4.79 Å². The van der Waals surface area contributed by atoms with Crippen molar-refractivity contribution >= 4 is 26.8 Å². The molecule has 0 amide bonds. The van der Waals surface area contributed by atoms with E-state index in [1.54, 1.807) is 0 Å². The van der Waals surface area contributed by atoms with Crippen molar-refractivity contribution in [1.82, 2.24) is 0 Å². The van der Waals surface area contributed by atoms with Crippen LogP contribution in [0.4, 0.5) is 0 Å². The van der Waals surface area contributed by atoms with Crippen LogP contribution >= 0.6 is 0 Å². The van der Waals surface area contributed by atoms with Crippen molar-refractivity contribution in [2.45, 2.75) is 59.8 Å². The first-order valence-corrected chi connectivity index (χ1v) is 10.7. The van der Waals surface area contributed by atoms with E-state index in [0.717, 1.165) is 31.4 Å². The zero-order valence-electron chi connectivity index (χ0n) is 13.3. The van der Waals surface area contributed by atoms with Crippen LogP contribution in [0.1, 0.15) is 59.8 Å². The largest absolute Gasteiger partial charge is 0.748 e. The van der Waals surface area contributed by atoms with Crippen LogP contribution in [0.15, 0.2) is 0 Å². The number of rotatable bonds is 10. The van der Waals surface area contributed by atoms with Crippen molar-refractivity contribution in [3.05, 3.63) is 0 Å². The van der Waals surface area contributed by atoms with E-state index >= 15 is 0 Å². The van der Waals surface area contributed by atoms with Gasteiger partial charge in [0.2, 0.25) is 0 Å². The maximum Gasteiger partial charge on any atom is 0.181 e. The number of hydrogen-bond acceptors (Lipinski definition) is 4. The van der Waals surface area contributed by atoms with Crippen molar-refractivity contribution < 1.29 is 17.8 Å². The number of carbonyl (C=O) groups excluding carboxylic acids is 1. The molecule has 0 aromatic heterocycles. The number of unbranched alkanes of at least 4 members (excludes halogenated alkanes) is 2. The highest BCUT2D eigenvalue weighted by atomic mass is 32.2. The van der Waals surface area contributed by atoms with E-state index in [0.29, 0.717) is 23.1 Å². The summed E-state index contributed by atoms with van der Waals surface area (Å²) in [6.45, 7) is 8.33. The fourth-order valence-corrected chi connectivity index (χ4v) is 3.46. The molecular weight excluding hydrogens is 296 g/mol. The van der Waals surface area contributed by atoms with Gasteiger partial charge in [0.15, 0.2) is 11.5 Å². The van der Waals surface area contributed by atoms with Gasteiger partial charge >= 0.3 is 0 Å². The summed E-state index contributed by atoms with van der Waals surface area (Å²) in [7, 11) is -3.56. The highest BCUT2D eigenvalue weighted by molar-refractivity contribution is 7.97. The SMILES string of the molecule is CCCCC(=O)C[S+](CC)CC.CCCCS(=O)(=O)[O-]. The second kappa shape index (κ2) is 13.9. The van der Waals surface area contributed by atoms with Gasteiger partial charge in [-0.2, -0.15) is 0 Å². The number of carbonyl (C=O) groups is 1. The van der Waals surface area contributed by atoms with Crippen molar-refractivity contribution in [1.29, 1.82) is 0 Å². The summed E-state index contributed by atoms with van der Waals surface area (Å²) >= 11 is 0. The van der Waals surface area contributed by atoms with E-state index in [1.165, 1.54) is 11.5 Å². The lowest BCUT2D eigenvalue weighted by atomic mass is 10.2. The van der Waals surface area contributed by atoms with Gasteiger partial charge in [-0.05, 0) is 37.6 Å². The molecule has 0 saturated heterocycles. The smallest absolute Gasteiger partial charge is 0.181 e. The molecule has 0 N–H and O–H groups in total. The van der Waals surface area contributed by atoms with Crippen molar-refractivity contribution in [2.24, 2.45) is 0 Å². The van der Waals surface area contributed by atoms with Gasteiger partial charge in [0.05, 0.1) is 10.1 Å². The Labute approximate surface area is 127 Å². The predicted molar refractivity (Wildman–Crippen MR) is 87.3 cm³/mol. The molecule has 6 heteroatoms. The molecule has 0 radical (unpaired) electrons. The molecule has 0 aliphatic heterocycles. The summed E-state index contributed by atoms with van der Waals surface area (Å²) in [5.41, 5.74) is 0. The molecule has 0 rings (SSSR count). The van der Waals surface area contributed by atoms with Crippen LogP contribution in [0.25, 0.3) is 0 Å². The van der Waals surface area contributed by atoms with Crippen molar-refractivity contribution in [3.8, 4) is 0 Å². The van der Waals surface area contributed by atoms with Crippen LogP contribution in [-0.4, -0.2) is 41.8 Å². The molecule has 0 spiro atoms. The highest BCUT2D eigenvalue weighted by Gasteiger charge is 2.16. The quantitative estimate of drug-likeness (QED) is 0.457. The number of ketones is 1. The standard InChI is InChI=1S/C10H21OS.C4H10O3S/c1-4-7-8-10(11)9-12(5-2)6-3;1-2-3-4-8(5,6)7/h4-9H2,1-3H3;2-4H2,1H3,(H,5,6,7)/q+1;/p-1. The van der Waals surface area contributed by atoms with Gasteiger partial charge in [0.1, 0.15) is 11.5 Å². The van der Waals surface area contributed by atoms with E-state index in [9.17, 15) is 17.8 Å². The van der Waals surface area contributed by atoms with E-state index in [-0.39, 0.29) is 5.75 Å². The zero-order valence-corrected chi connectivity index (χ0v) is 14.9. The summed E-state index contributed by atoms with van der Waals surface area (Å²) in [4.78, 5) is 11.3. The summed E-state index contributed by atoms with van der Waals surface area (Å²) in [5, 5.41) is 0. The lowest BCUT2D eigenvalue weighted by Crippen LogP contribution is -2.19. The Morgan fingerprint density at radius 2 is 1.50 bits per heavy atom. The molecular formula is C14H30O4S2. The first kappa shape index (κ1) is 22.2. The van der Waals surface area contributed by atoms with E-state index in [4.69, 9.17) is 0 Å². The van der Waals surface area contributed by atoms with Gasteiger partial charge in [-0.25, -0.2) is 8.42 Å². The fraction of sp³-hybridized carbons (Fsp3) is 0.929. The molecule has 0 aliphatic carbocycles. The minimum Gasteiger partial charge on any atom is -0.748 e. The van der Waals surface area contributed by atoms with Gasteiger partial charge in [-0.1, -0.05) is 26.7 Å². The Kier molecular flexibility index (Phi) is 15.4. The highest BCUT2D eigenvalue weighted by Crippen LogP contribution is 2.02. The Morgan fingerprint density at radius 3 is 1.80 bits per heavy atom. The lowest BCUT2D eigenvalue weighted by Gasteiger charge is -2.02. The zero-order chi connectivity index (χ0) is 16.0. The Bertz CT molecular complexity index is 322. The Hall–Kier alpha value is -0.0700. The predicted octanol–water partition coefficient (Wildman–Crippen LogP) is 2.74. The normalized spacial score (nSPS) is 11.1. The minimum atomic E-state index is -3.94. The molecule has 0 heterocycles. The fourth-order valence-electron chi connectivity index (χ4n) is 1.40. The van der Waals surface area contributed by atoms with Crippen LogP contribution in [0.5, 0.6) is 0 Å². The van der Waals surface area contributed by atoms with Crippen LogP contribution < -0.4 is 0 Å². The van der Waals surface area contributed by atoms with E-state index in [2.05, 4.69) is 20.8 Å². The summed E-state index contributed by atoms with van der Waals surface area (Å²) in [5.74, 6) is 3.45. The molecule has 0 aliphatic rings. The van der Waals surface area contributed by atoms with Crippen LogP contribution in [0.2, 0.25) is 0 Å². The van der Waals surface area contributed by atoms with Crippen molar-refractivity contribution in [3.63, 3.8) is 0 Å². The first-order valence-electron chi connectivity index (χ1n) is 7.39. The van der Waals surface area contributed by atoms with Crippen LogP contribution in [-0.2, 0) is 25.8 Å². The maximum absolute atomic E-state index is 11.3. The molecule has 4 nitrogen and oxygen atoms in total. The van der Waals surface area contributed by atoms with Crippen LogP contribution in [0.3, 0.4) is 0 Å². The second-order valence-corrected chi connectivity index (χ2v) is 8.78.